The highest BCUT2D eigenvalue weighted by atomic mass is 32.2. The largest absolute Gasteiger partial charge is 0.497 e. The van der Waals surface area contributed by atoms with E-state index in [9.17, 15) is 18.0 Å². The predicted octanol–water partition coefficient (Wildman–Crippen LogP) is 5.32. The average Bonchev–Trinajstić information content (AvgIpc) is 3.33. The molecule has 1 saturated heterocycles. The summed E-state index contributed by atoms with van der Waals surface area (Å²) in [6.07, 6.45) is 9.42. The fourth-order valence-corrected chi connectivity index (χ4v) is 7.83. The Balaban J connectivity index is 1.41. The topological polar surface area (TPSA) is 123 Å². The van der Waals surface area contributed by atoms with E-state index in [0.717, 1.165) is 69.0 Å². The summed E-state index contributed by atoms with van der Waals surface area (Å²) in [7, 11) is 0.417. The van der Waals surface area contributed by atoms with E-state index >= 15 is 0 Å². The van der Waals surface area contributed by atoms with Crippen molar-refractivity contribution in [3.63, 3.8) is 0 Å². The summed E-state index contributed by atoms with van der Waals surface area (Å²) in [5.74, 6) is 0.294. The number of benzene rings is 2. The van der Waals surface area contributed by atoms with Crippen LogP contribution in [0.2, 0.25) is 0 Å². The van der Waals surface area contributed by atoms with Crippen LogP contribution in [0.15, 0.2) is 54.7 Å². The number of pyridine rings is 1. The molecule has 0 unspecified atom stereocenters. The molecule has 0 radical (unpaired) electrons. The highest BCUT2D eigenvalue weighted by Gasteiger charge is 2.31. The molecule has 12 heteroatoms. The number of ether oxygens (including phenoxy) is 2. The summed E-state index contributed by atoms with van der Waals surface area (Å²) in [6, 6.07) is 15.2. The van der Waals surface area contributed by atoms with Crippen LogP contribution >= 0.6 is 0 Å². The van der Waals surface area contributed by atoms with Gasteiger partial charge >= 0.3 is 10.2 Å². The molecule has 2 amide bonds. The molecule has 49 heavy (non-hydrogen) atoms. The SMILES string of the molecule is COc1ccc2c(c1)C=C(c1cc(C(=O)N3CCOCC3)ccn1)Cn1c-2c(C2CCCCC2)c2ccc(C(=O)NS(=O)(=O)N(C)C)cc21. The lowest BCUT2D eigenvalue weighted by Crippen LogP contribution is -2.40. The van der Waals surface area contributed by atoms with E-state index in [4.69, 9.17) is 14.5 Å². The normalized spacial score (nSPS) is 16.9. The lowest BCUT2D eigenvalue weighted by atomic mass is 9.81. The first kappa shape index (κ1) is 33.0. The fourth-order valence-electron chi connectivity index (χ4n) is 7.29. The number of morpholine rings is 1. The van der Waals surface area contributed by atoms with Crippen molar-refractivity contribution in [1.82, 2.24) is 23.5 Å². The van der Waals surface area contributed by atoms with Crippen molar-refractivity contribution in [1.29, 1.82) is 0 Å². The van der Waals surface area contributed by atoms with Crippen LogP contribution in [-0.2, 0) is 21.5 Å². The summed E-state index contributed by atoms with van der Waals surface area (Å²) in [5.41, 5.74) is 7.52. The minimum atomic E-state index is -3.98. The number of fused-ring (bicyclic) bond motifs is 5. The lowest BCUT2D eigenvalue weighted by Gasteiger charge is -2.27. The van der Waals surface area contributed by atoms with Gasteiger partial charge in [0.25, 0.3) is 11.8 Å². The monoisotopic (exact) mass is 683 g/mol. The zero-order valence-electron chi connectivity index (χ0n) is 28.1. The van der Waals surface area contributed by atoms with Gasteiger partial charge in [-0.1, -0.05) is 25.3 Å². The summed E-state index contributed by atoms with van der Waals surface area (Å²) < 4.78 is 41.6. The molecule has 256 valence electrons. The Morgan fingerprint density at radius 1 is 0.980 bits per heavy atom. The first-order valence-corrected chi connectivity index (χ1v) is 18.2. The van der Waals surface area contributed by atoms with Crippen molar-refractivity contribution >= 4 is 44.6 Å². The first-order chi connectivity index (χ1) is 23.6. The van der Waals surface area contributed by atoms with Crippen molar-refractivity contribution in [2.75, 3.05) is 47.5 Å². The van der Waals surface area contributed by atoms with Crippen LogP contribution in [0.5, 0.6) is 5.75 Å². The minimum Gasteiger partial charge on any atom is -0.497 e. The number of nitrogens with zero attached hydrogens (tertiary/aromatic N) is 4. The molecule has 1 saturated carbocycles. The molecule has 11 nitrogen and oxygen atoms in total. The third-order valence-electron chi connectivity index (χ3n) is 9.89. The molecule has 0 atom stereocenters. The van der Waals surface area contributed by atoms with Crippen LogP contribution in [-0.4, -0.2) is 86.5 Å². The summed E-state index contributed by atoms with van der Waals surface area (Å²) in [4.78, 5) is 33.4. The number of allylic oxidation sites excluding steroid dienone is 1. The maximum atomic E-state index is 13.5. The first-order valence-electron chi connectivity index (χ1n) is 16.8. The molecule has 2 aliphatic heterocycles. The molecule has 4 aromatic rings. The summed E-state index contributed by atoms with van der Waals surface area (Å²) in [5, 5.41) is 1.04. The van der Waals surface area contributed by atoms with Crippen LogP contribution in [0, 0.1) is 0 Å². The number of rotatable bonds is 7. The molecule has 7 rings (SSSR count). The number of hydrogen-bond acceptors (Lipinski definition) is 7. The summed E-state index contributed by atoms with van der Waals surface area (Å²) >= 11 is 0. The average molecular weight is 684 g/mol. The third-order valence-corrected chi connectivity index (χ3v) is 11.3. The highest BCUT2D eigenvalue weighted by molar-refractivity contribution is 7.87. The summed E-state index contributed by atoms with van der Waals surface area (Å²) in [6.45, 7) is 2.53. The number of methoxy groups -OCH3 is 1. The van der Waals surface area contributed by atoms with Gasteiger partial charge < -0.3 is 18.9 Å². The lowest BCUT2D eigenvalue weighted by molar-refractivity contribution is 0.0303. The Kier molecular flexibility index (Phi) is 9.03. The molecule has 1 aliphatic carbocycles. The maximum Gasteiger partial charge on any atom is 0.303 e. The van der Waals surface area contributed by atoms with Crippen molar-refractivity contribution in [3.05, 3.63) is 82.7 Å². The molecule has 2 aromatic heterocycles. The zero-order chi connectivity index (χ0) is 34.3. The van der Waals surface area contributed by atoms with Gasteiger partial charge in [-0.15, -0.1) is 0 Å². The van der Waals surface area contributed by atoms with Crippen LogP contribution in [0.3, 0.4) is 0 Å². The van der Waals surface area contributed by atoms with Gasteiger partial charge in [0.15, 0.2) is 0 Å². The fraction of sp³-hybridized carbons (Fsp3) is 0.378. The number of hydrogen-bond donors (Lipinski definition) is 1. The molecular formula is C37H41N5O6S. The smallest absolute Gasteiger partial charge is 0.303 e. The second-order valence-electron chi connectivity index (χ2n) is 13.1. The predicted molar refractivity (Wildman–Crippen MR) is 189 cm³/mol. The van der Waals surface area contributed by atoms with Crippen molar-refractivity contribution in [3.8, 4) is 17.0 Å². The molecule has 1 N–H and O–H groups in total. The minimum absolute atomic E-state index is 0.0572. The van der Waals surface area contributed by atoms with E-state index < -0.39 is 16.1 Å². The second-order valence-corrected chi connectivity index (χ2v) is 15.0. The van der Waals surface area contributed by atoms with Crippen molar-refractivity contribution < 1.29 is 27.5 Å². The molecule has 0 bridgehead atoms. The van der Waals surface area contributed by atoms with E-state index in [2.05, 4.69) is 21.4 Å². The molecule has 0 spiro atoms. The van der Waals surface area contributed by atoms with E-state index in [1.54, 1.807) is 36.4 Å². The van der Waals surface area contributed by atoms with Gasteiger partial charge in [0, 0.05) is 61.0 Å². The number of aromatic nitrogens is 2. The van der Waals surface area contributed by atoms with Gasteiger partial charge in [0.1, 0.15) is 5.75 Å². The van der Waals surface area contributed by atoms with Gasteiger partial charge in [0.05, 0.1) is 38.3 Å². The van der Waals surface area contributed by atoms with Crippen LogP contribution < -0.4 is 9.46 Å². The van der Waals surface area contributed by atoms with E-state index in [1.807, 2.05) is 24.3 Å². The quantitative estimate of drug-likeness (QED) is 0.280. The molecule has 2 aromatic carbocycles. The van der Waals surface area contributed by atoms with Crippen LogP contribution in [0.4, 0.5) is 0 Å². The Morgan fingerprint density at radius 2 is 1.76 bits per heavy atom. The van der Waals surface area contributed by atoms with Gasteiger partial charge in [-0.05, 0) is 84.0 Å². The van der Waals surface area contributed by atoms with Crippen molar-refractivity contribution in [2.45, 2.75) is 44.6 Å². The standard InChI is InChI=1S/C37H41N5O6S/c1-40(2)49(45,46)39-36(43)25-9-11-31-33(22-25)42-23-28(32-21-26(13-14-38-32)37(44)41-15-17-48-18-16-41)19-27-20-29(47-3)10-12-30(27)35(42)34(31)24-7-5-4-6-8-24/h9-14,19-22,24H,4-8,15-18,23H2,1-3H3,(H,39,43). The van der Waals surface area contributed by atoms with E-state index in [-0.39, 0.29) is 11.5 Å². The van der Waals surface area contributed by atoms with E-state index in [1.165, 1.54) is 26.1 Å². The Morgan fingerprint density at radius 3 is 2.49 bits per heavy atom. The van der Waals surface area contributed by atoms with Gasteiger partial charge in [-0.25, -0.2) is 4.72 Å². The Hall–Kier alpha value is -4.52. The van der Waals surface area contributed by atoms with Gasteiger partial charge in [-0.3, -0.25) is 14.6 Å². The third kappa shape index (κ3) is 6.36. The number of carbonyl (C=O) groups excluding carboxylic acids is 2. The van der Waals surface area contributed by atoms with E-state index in [0.29, 0.717) is 50.0 Å². The van der Waals surface area contributed by atoms with Crippen LogP contribution in [0.25, 0.3) is 33.8 Å². The second kappa shape index (κ2) is 13.4. The maximum absolute atomic E-state index is 13.5. The zero-order valence-corrected chi connectivity index (χ0v) is 28.9. The number of amides is 2. The molecule has 3 aliphatic rings. The number of carbonyl (C=O) groups is 2. The van der Waals surface area contributed by atoms with Gasteiger partial charge in [-0.2, -0.15) is 12.7 Å². The molecule has 4 heterocycles. The number of nitrogens with one attached hydrogen (secondary N) is 1. The molecule has 2 fully saturated rings. The Labute approximate surface area is 286 Å². The van der Waals surface area contributed by atoms with Gasteiger partial charge in [0.2, 0.25) is 0 Å². The van der Waals surface area contributed by atoms with Crippen molar-refractivity contribution in [2.24, 2.45) is 0 Å². The molecular weight excluding hydrogens is 643 g/mol. The highest BCUT2D eigenvalue weighted by Crippen LogP contribution is 2.47. The Bertz CT molecular complexity index is 2070. The van der Waals surface area contributed by atoms with Crippen LogP contribution in [0.1, 0.15) is 75.6 Å².